The molecule has 7 aromatic rings. The van der Waals surface area contributed by atoms with E-state index in [0.717, 1.165) is 73.7 Å². The van der Waals surface area contributed by atoms with Gasteiger partial charge in [0.1, 0.15) is 17.5 Å². The van der Waals surface area contributed by atoms with Crippen molar-refractivity contribution in [2.24, 2.45) is 5.73 Å². The molecule has 0 spiro atoms. The van der Waals surface area contributed by atoms with E-state index in [4.69, 9.17) is 15.7 Å². The van der Waals surface area contributed by atoms with Crippen LogP contribution in [0.5, 0.6) is 0 Å². The Labute approximate surface area is 206 Å². The van der Waals surface area contributed by atoms with Crippen molar-refractivity contribution < 1.29 is 0 Å². The van der Waals surface area contributed by atoms with Crippen molar-refractivity contribution in [1.29, 1.82) is 0 Å². The van der Waals surface area contributed by atoms with E-state index in [1.165, 1.54) is 5.56 Å². The van der Waals surface area contributed by atoms with Crippen LogP contribution in [0.25, 0.3) is 67.0 Å². The third kappa shape index (κ3) is 3.54. The number of rotatable bonds is 5. The Bertz CT molecular complexity index is 1860. The number of H-pyrrole nitrogens is 3. The van der Waals surface area contributed by atoms with Gasteiger partial charge in [-0.1, -0.05) is 36.4 Å². The van der Waals surface area contributed by atoms with Crippen LogP contribution in [0.3, 0.4) is 0 Å². The van der Waals surface area contributed by atoms with Crippen LogP contribution in [-0.2, 0) is 6.42 Å². The SMILES string of the molecule is NCCc1nc2ccc(-c3nc4ccc(-c5nc6ccc(-c7ccccc7)cc6[nH]5)cc4[nH]3)cc2[nH]1. The van der Waals surface area contributed by atoms with Crippen molar-refractivity contribution in [3.8, 4) is 33.9 Å². The largest absolute Gasteiger partial charge is 0.342 e. The molecule has 5 N–H and O–H groups in total. The van der Waals surface area contributed by atoms with Crippen molar-refractivity contribution in [2.75, 3.05) is 6.54 Å². The van der Waals surface area contributed by atoms with Gasteiger partial charge in [0, 0.05) is 17.5 Å². The number of hydrogen-bond acceptors (Lipinski definition) is 4. The Kier molecular flexibility index (Phi) is 4.68. The zero-order valence-electron chi connectivity index (χ0n) is 19.4. The molecule has 0 bridgehead atoms. The van der Waals surface area contributed by atoms with Crippen LogP contribution >= 0.6 is 0 Å². The number of nitrogens with zero attached hydrogens (tertiary/aromatic N) is 3. The Morgan fingerprint density at radius 2 is 1.06 bits per heavy atom. The maximum Gasteiger partial charge on any atom is 0.138 e. The average molecular weight is 470 g/mol. The third-order valence-electron chi connectivity index (χ3n) is 6.53. The lowest BCUT2D eigenvalue weighted by molar-refractivity contribution is 0.900. The van der Waals surface area contributed by atoms with Crippen molar-refractivity contribution in [1.82, 2.24) is 29.9 Å². The lowest BCUT2D eigenvalue weighted by atomic mass is 10.1. The molecule has 4 aromatic carbocycles. The Balaban J connectivity index is 1.23. The van der Waals surface area contributed by atoms with Gasteiger partial charge in [0.2, 0.25) is 0 Å². The molecular formula is C29H23N7. The van der Waals surface area contributed by atoms with Crippen LogP contribution in [0.15, 0.2) is 84.9 Å². The molecule has 0 radical (unpaired) electrons. The van der Waals surface area contributed by atoms with E-state index >= 15 is 0 Å². The van der Waals surface area contributed by atoms with Gasteiger partial charge in [-0.3, -0.25) is 0 Å². The molecule has 7 rings (SSSR count). The smallest absolute Gasteiger partial charge is 0.138 e. The summed E-state index contributed by atoms with van der Waals surface area (Å²) in [5.41, 5.74) is 15.8. The fourth-order valence-corrected chi connectivity index (χ4v) is 4.72. The summed E-state index contributed by atoms with van der Waals surface area (Å²) >= 11 is 0. The summed E-state index contributed by atoms with van der Waals surface area (Å²) in [5.74, 6) is 2.55. The molecule has 3 heterocycles. The predicted molar refractivity (Wildman–Crippen MR) is 144 cm³/mol. The third-order valence-corrected chi connectivity index (χ3v) is 6.53. The Hall–Kier alpha value is -4.75. The monoisotopic (exact) mass is 469 g/mol. The number of nitrogens with two attached hydrogens (primary N) is 1. The molecule has 7 nitrogen and oxygen atoms in total. The minimum absolute atomic E-state index is 0.567. The van der Waals surface area contributed by atoms with Crippen molar-refractivity contribution >= 4 is 33.1 Å². The van der Waals surface area contributed by atoms with Crippen LogP contribution in [0.1, 0.15) is 5.82 Å². The van der Waals surface area contributed by atoms with Gasteiger partial charge in [-0.2, -0.15) is 0 Å². The summed E-state index contributed by atoms with van der Waals surface area (Å²) in [4.78, 5) is 24.6. The van der Waals surface area contributed by atoms with Crippen LogP contribution < -0.4 is 5.73 Å². The number of aromatic nitrogens is 6. The molecule has 0 saturated carbocycles. The van der Waals surface area contributed by atoms with Gasteiger partial charge >= 0.3 is 0 Å². The van der Waals surface area contributed by atoms with Crippen LogP contribution in [0.4, 0.5) is 0 Å². The maximum absolute atomic E-state index is 5.67. The second-order valence-corrected chi connectivity index (χ2v) is 8.95. The van der Waals surface area contributed by atoms with Crippen molar-refractivity contribution in [2.45, 2.75) is 6.42 Å². The summed E-state index contributed by atoms with van der Waals surface area (Å²) in [6.45, 7) is 0.567. The number of benzene rings is 4. The van der Waals surface area contributed by atoms with Crippen LogP contribution in [-0.4, -0.2) is 36.4 Å². The van der Waals surface area contributed by atoms with Gasteiger partial charge in [0.05, 0.1) is 33.1 Å². The summed E-state index contributed by atoms with van der Waals surface area (Å²) in [7, 11) is 0. The zero-order valence-corrected chi connectivity index (χ0v) is 19.4. The first-order valence-corrected chi connectivity index (χ1v) is 12.0. The van der Waals surface area contributed by atoms with Crippen LogP contribution in [0, 0.1) is 0 Å². The topological polar surface area (TPSA) is 112 Å². The number of hydrogen-bond donors (Lipinski definition) is 4. The highest BCUT2D eigenvalue weighted by atomic mass is 14.9. The second kappa shape index (κ2) is 8.18. The molecule has 174 valence electrons. The Morgan fingerprint density at radius 1 is 0.528 bits per heavy atom. The first-order valence-electron chi connectivity index (χ1n) is 12.0. The van der Waals surface area contributed by atoms with Gasteiger partial charge in [-0.25, -0.2) is 15.0 Å². The van der Waals surface area contributed by atoms with Crippen molar-refractivity contribution in [3.63, 3.8) is 0 Å². The van der Waals surface area contributed by atoms with E-state index in [9.17, 15) is 0 Å². The molecule has 0 aliphatic carbocycles. The normalized spacial score (nSPS) is 11.7. The van der Waals surface area contributed by atoms with Gasteiger partial charge in [-0.15, -0.1) is 0 Å². The highest BCUT2D eigenvalue weighted by molar-refractivity contribution is 5.88. The molecule has 0 fully saturated rings. The van der Waals surface area contributed by atoms with E-state index < -0.39 is 0 Å². The molecule has 3 aromatic heterocycles. The van der Waals surface area contributed by atoms with E-state index in [0.29, 0.717) is 6.54 Å². The molecule has 0 saturated heterocycles. The molecule has 0 aliphatic rings. The fourth-order valence-electron chi connectivity index (χ4n) is 4.72. The van der Waals surface area contributed by atoms with Gasteiger partial charge in [-0.05, 0) is 66.2 Å². The Morgan fingerprint density at radius 3 is 1.67 bits per heavy atom. The second-order valence-electron chi connectivity index (χ2n) is 8.95. The molecule has 0 unspecified atom stereocenters. The first kappa shape index (κ1) is 20.6. The lowest BCUT2D eigenvalue weighted by Crippen LogP contribution is -2.03. The summed E-state index contributed by atoms with van der Waals surface area (Å²) < 4.78 is 0. The molecule has 36 heavy (non-hydrogen) atoms. The minimum Gasteiger partial charge on any atom is -0.342 e. The van der Waals surface area contributed by atoms with Gasteiger partial charge in [0.25, 0.3) is 0 Å². The van der Waals surface area contributed by atoms with Crippen molar-refractivity contribution in [3.05, 3.63) is 90.8 Å². The van der Waals surface area contributed by atoms with E-state index in [-0.39, 0.29) is 0 Å². The molecule has 7 heteroatoms. The maximum atomic E-state index is 5.67. The first-order chi connectivity index (χ1) is 17.7. The fraction of sp³-hybridized carbons (Fsp3) is 0.0690. The molecular weight excluding hydrogens is 446 g/mol. The lowest BCUT2D eigenvalue weighted by Gasteiger charge is -2.00. The number of nitrogens with one attached hydrogen (secondary N) is 3. The highest BCUT2D eigenvalue weighted by Gasteiger charge is 2.12. The summed E-state index contributed by atoms with van der Waals surface area (Å²) in [6.07, 6.45) is 0.729. The highest BCUT2D eigenvalue weighted by Crippen LogP contribution is 2.29. The molecule has 0 atom stereocenters. The van der Waals surface area contributed by atoms with Gasteiger partial charge in [0.15, 0.2) is 0 Å². The van der Waals surface area contributed by atoms with Crippen LogP contribution in [0.2, 0.25) is 0 Å². The molecule has 0 aliphatic heterocycles. The van der Waals surface area contributed by atoms with E-state index in [1.807, 2.05) is 24.3 Å². The van der Waals surface area contributed by atoms with E-state index in [2.05, 4.69) is 80.6 Å². The van der Waals surface area contributed by atoms with Gasteiger partial charge < -0.3 is 20.7 Å². The summed E-state index contributed by atoms with van der Waals surface area (Å²) in [6, 6.07) is 29.0. The number of aromatic amines is 3. The predicted octanol–water partition coefficient (Wildman–Crippen LogP) is 5.82. The summed E-state index contributed by atoms with van der Waals surface area (Å²) in [5, 5.41) is 0. The van der Waals surface area contributed by atoms with E-state index in [1.54, 1.807) is 0 Å². The standard InChI is InChI=1S/C29H23N7/c30-13-12-27-31-21-10-7-19(15-24(21)32-27)28-34-23-11-8-20(16-26(23)36-28)29-33-22-9-6-18(14-25(22)35-29)17-4-2-1-3-5-17/h1-11,14-16H,12-13,30H2,(H,31,32)(H,33,35)(H,34,36). The zero-order chi connectivity index (χ0) is 24.1. The number of fused-ring (bicyclic) bond motifs is 3. The molecule has 0 amide bonds. The minimum atomic E-state index is 0.567. The number of imidazole rings is 3. The quantitative estimate of drug-likeness (QED) is 0.254. The average Bonchev–Trinajstić information content (AvgIpc) is 3.63.